The van der Waals surface area contributed by atoms with Crippen molar-refractivity contribution in [2.75, 3.05) is 0 Å². The van der Waals surface area contributed by atoms with E-state index in [0.717, 1.165) is 17.8 Å². The molecule has 0 saturated heterocycles. The Hall–Kier alpha value is -1.94. The van der Waals surface area contributed by atoms with Gasteiger partial charge in [-0.05, 0) is 6.42 Å². The molecule has 0 bridgehead atoms. The molecule has 0 saturated carbocycles. The molecule has 1 heterocycles. The van der Waals surface area contributed by atoms with Gasteiger partial charge in [0.2, 0.25) is 10.0 Å². The summed E-state index contributed by atoms with van der Waals surface area (Å²) in [5, 5.41) is 8.97. The second-order valence-electron chi connectivity index (χ2n) is 4.55. The Bertz CT molecular complexity index is 761. The highest BCUT2D eigenvalue weighted by atomic mass is 32.2. The Morgan fingerprint density at radius 3 is 2.43 bits per heavy atom. The van der Waals surface area contributed by atoms with E-state index in [1.54, 1.807) is 6.92 Å². The predicted octanol–water partition coefficient (Wildman–Crippen LogP) is -1.38. The molecule has 21 heavy (non-hydrogen) atoms. The molecule has 0 unspecified atom stereocenters. The van der Waals surface area contributed by atoms with E-state index in [0.29, 0.717) is 11.0 Å². The lowest BCUT2D eigenvalue weighted by Crippen LogP contribution is -2.45. The predicted molar refractivity (Wildman–Crippen MR) is 73.6 cm³/mol. The van der Waals surface area contributed by atoms with E-state index in [2.05, 4.69) is 0 Å². The van der Waals surface area contributed by atoms with Crippen LogP contribution in [-0.2, 0) is 28.9 Å². The van der Waals surface area contributed by atoms with Crippen molar-refractivity contribution in [3.05, 3.63) is 27.0 Å². The molecule has 10 heteroatoms. The Kier molecular flexibility index (Phi) is 5.07. The molecule has 0 aliphatic heterocycles. The molecule has 1 rings (SSSR count). The second kappa shape index (κ2) is 6.22. The first kappa shape index (κ1) is 17.1. The van der Waals surface area contributed by atoms with Gasteiger partial charge in [0.05, 0.1) is 0 Å². The van der Waals surface area contributed by atoms with Gasteiger partial charge >= 0.3 is 11.7 Å². The van der Waals surface area contributed by atoms with Crippen molar-refractivity contribution in [2.24, 2.45) is 14.1 Å². The number of hydrogen-bond acceptors (Lipinski definition) is 5. The van der Waals surface area contributed by atoms with Gasteiger partial charge in [0.25, 0.3) is 5.56 Å². The summed E-state index contributed by atoms with van der Waals surface area (Å²) in [6.07, 6.45) is 1.41. The molecule has 0 amide bonds. The van der Waals surface area contributed by atoms with Crippen LogP contribution in [0.15, 0.2) is 20.7 Å². The van der Waals surface area contributed by atoms with Crippen LogP contribution in [0.2, 0.25) is 0 Å². The maximum atomic E-state index is 12.2. The number of carboxylic acid groups (broad SMARTS) is 1. The summed E-state index contributed by atoms with van der Waals surface area (Å²) >= 11 is 0. The monoisotopic (exact) mass is 319 g/mol. The van der Waals surface area contributed by atoms with Crippen LogP contribution >= 0.6 is 0 Å². The topological polar surface area (TPSA) is 127 Å². The number of nitrogens with zero attached hydrogens (tertiary/aromatic N) is 2. The lowest BCUT2D eigenvalue weighted by Gasteiger charge is -2.14. The Morgan fingerprint density at radius 2 is 1.95 bits per heavy atom. The van der Waals surface area contributed by atoms with Gasteiger partial charge < -0.3 is 9.67 Å². The minimum atomic E-state index is -4.34. The van der Waals surface area contributed by atoms with E-state index in [4.69, 9.17) is 5.11 Å². The molecule has 0 radical (unpaired) electrons. The standard InChI is InChI=1S/C11H17N3O6S/c1-4-5-7(10(16)17)12-21(19,20)8-6-13(2)11(18)14(3)9(8)15/h6-7,12H,4-5H2,1-3H3,(H,16,17)/t7-/m1/s1. The van der Waals surface area contributed by atoms with Crippen LogP contribution in [0.3, 0.4) is 0 Å². The summed E-state index contributed by atoms with van der Waals surface area (Å²) < 4.78 is 27.9. The van der Waals surface area contributed by atoms with E-state index < -0.39 is 38.2 Å². The number of carboxylic acids is 1. The molecular formula is C11H17N3O6S. The SMILES string of the molecule is CCC[C@@H](NS(=O)(=O)c1cn(C)c(=O)n(C)c1=O)C(=O)O. The smallest absolute Gasteiger partial charge is 0.330 e. The summed E-state index contributed by atoms with van der Waals surface area (Å²) in [5.74, 6) is -1.33. The highest BCUT2D eigenvalue weighted by Gasteiger charge is 2.27. The first-order valence-electron chi connectivity index (χ1n) is 6.13. The van der Waals surface area contributed by atoms with E-state index in [9.17, 15) is 22.8 Å². The molecule has 118 valence electrons. The fourth-order valence-corrected chi connectivity index (χ4v) is 3.12. The van der Waals surface area contributed by atoms with Gasteiger partial charge in [-0.3, -0.25) is 14.2 Å². The van der Waals surface area contributed by atoms with Gasteiger partial charge in [-0.25, -0.2) is 13.2 Å². The molecule has 1 aromatic rings. The van der Waals surface area contributed by atoms with Crippen molar-refractivity contribution >= 4 is 16.0 Å². The van der Waals surface area contributed by atoms with Crippen LogP contribution in [0.1, 0.15) is 19.8 Å². The van der Waals surface area contributed by atoms with Crippen LogP contribution < -0.4 is 16.0 Å². The zero-order valence-electron chi connectivity index (χ0n) is 11.9. The summed E-state index contributed by atoms with van der Waals surface area (Å²) in [5.41, 5.74) is -1.69. The number of carbonyl (C=O) groups is 1. The van der Waals surface area contributed by atoms with Crippen molar-refractivity contribution in [1.82, 2.24) is 13.9 Å². The maximum Gasteiger partial charge on any atom is 0.330 e. The number of aryl methyl sites for hydroxylation is 1. The third kappa shape index (κ3) is 3.58. The van der Waals surface area contributed by atoms with E-state index in [1.807, 2.05) is 4.72 Å². The van der Waals surface area contributed by atoms with Crippen molar-refractivity contribution < 1.29 is 18.3 Å². The molecule has 0 aliphatic rings. The molecule has 1 atom stereocenters. The number of nitrogens with one attached hydrogen (secondary N) is 1. The Labute approximate surface area is 120 Å². The van der Waals surface area contributed by atoms with Crippen molar-refractivity contribution in [3.63, 3.8) is 0 Å². The molecule has 0 aromatic carbocycles. The van der Waals surface area contributed by atoms with Gasteiger partial charge in [-0.1, -0.05) is 13.3 Å². The first-order chi connectivity index (χ1) is 9.61. The highest BCUT2D eigenvalue weighted by Crippen LogP contribution is 2.05. The van der Waals surface area contributed by atoms with Gasteiger partial charge in [0, 0.05) is 20.3 Å². The summed E-state index contributed by atoms with van der Waals surface area (Å²) in [6.45, 7) is 1.70. The number of sulfonamides is 1. The van der Waals surface area contributed by atoms with E-state index in [-0.39, 0.29) is 6.42 Å². The van der Waals surface area contributed by atoms with Crippen molar-refractivity contribution in [3.8, 4) is 0 Å². The molecule has 9 nitrogen and oxygen atoms in total. The summed E-state index contributed by atoms with van der Waals surface area (Å²) in [6, 6.07) is -1.33. The van der Waals surface area contributed by atoms with Gasteiger partial charge in [-0.15, -0.1) is 0 Å². The number of aliphatic carboxylic acids is 1. The summed E-state index contributed by atoms with van der Waals surface area (Å²) in [7, 11) is -1.91. The number of aromatic nitrogens is 2. The fourth-order valence-electron chi connectivity index (χ4n) is 1.73. The Balaban J connectivity index is 3.36. The molecule has 2 N–H and O–H groups in total. The quantitative estimate of drug-likeness (QED) is 0.665. The zero-order valence-corrected chi connectivity index (χ0v) is 12.7. The average Bonchev–Trinajstić information content (AvgIpc) is 2.39. The minimum Gasteiger partial charge on any atom is -0.480 e. The van der Waals surface area contributed by atoms with Crippen LogP contribution in [0, 0.1) is 0 Å². The van der Waals surface area contributed by atoms with Crippen LogP contribution in [0.25, 0.3) is 0 Å². The zero-order chi connectivity index (χ0) is 16.4. The van der Waals surface area contributed by atoms with Gasteiger partial charge in [0.15, 0.2) is 4.90 Å². The number of rotatable bonds is 6. The van der Waals surface area contributed by atoms with Gasteiger partial charge in [-0.2, -0.15) is 4.72 Å². The third-order valence-corrected chi connectivity index (χ3v) is 4.33. The summed E-state index contributed by atoms with van der Waals surface area (Å²) in [4.78, 5) is 33.7. The minimum absolute atomic E-state index is 0.0840. The van der Waals surface area contributed by atoms with Crippen molar-refractivity contribution in [2.45, 2.75) is 30.7 Å². The van der Waals surface area contributed by atoms with Crippen LogP contribution in [0.5, 0.6) is 0 Å². The average molecular weight is 319 g/mol. The number of hydrogen-bond donors (Lipinski definition) is 2. The lowest BCUT2D eigenvalue weighted by molar-refractivity contribution is -0.139. The molecule has 1 aromatic heterocycles. The molecular weight excluding hydrogens is 302 g/mol. The van der Waals surface area contributed by atoms with Crippen LogP contribution in [-0.4, -0.2) is 34.7 Å². The van der Waals surface area contributed by atoms with E-state index in [1.165, 1.54) is 7.05 Å². The first-order valence-corrected chi connectivity index (χ1v) is 7.62. The lowest BCUT2D eigenvalue weighted by atomic mass is 10.2. The van der Waals surface area contributed by atoms with Crippen LogP contribution in [0.4, 0.5) is 0 Å². The van der Waals surface area contributed by atoms with Crippen molar-refractivity contribution in [1.29, 1.82) is 0 Å². The third-order valence-electron chi connectivity index (χ3n) is 2.88. The normalized spacial score (nSPS) is 13.1. The largest absolute Gasteiger partial charge is 0.480 e. The second-order valence-corrected chi connectivity index (χ2v) is 6.23. The molecule has 0 spiro atoms. The highest BCUT2D eigenvalue weighted by molar-refractivity contribution is 7.89. The van der Waals surface area contributed by atoms with Gasteiger partial charge in [0.1, 0.15) is 6.04 Å². The fraction of sp³-hybridized carbons (Fsp3) is 0.545. The Morgan fingerprint density at radius 1 is 1.38 bits per heavy atom. The van der Waals surface area contributed by atoms with E-state index >= 15 is 0 Å². The molecule has 0 aliphatic carbocycles. The molecule has 0 fully saturated rings. The maximum absolute atomic E-state index is 12.2.